The third-order valence-corrected chi connectivity index (χ3v) is 5.91. The molecule has 0 aliphatic carbocycles. The Labute approximate surface area is 211 Å². The summed E-state index contributed by atoms with van der Waals surface area (Å²) in [4.78, 5) is 49.5. The van der Waals surface area contributed by atoms with Gasteiger partial charge in [0.2, 0.25) is 23.6 Å². The summed E-state index contributed by atoms with van der Waals surface area (Å²) in [7, 11) is 0. The molecule has 2 rings (SSSR count). The van der Waals surface area contributed by atoms with Crippen LogP contribution in [0.1, 0.15) is 38.7 Å². The average Bonchev–Trinajstić information content (AvgIpc) is 2.84. The molecule has 6 N–H and O–H groups in total. The number of amides is 4. The number of nitrogens with one attached hydrogen (secondary N) is 4. The number of thiol groups is 1. The Hall–Kier alpha value is -3.11. The monoisotopic (exact) mass is 501 g/mol. The normalized spacial score (nSPS) is 13.4. The van der Waals surface area contributed by atoms with Crippen LogP contribution in [0.2, 0.25) is 0 Å². The fourth-order valence-corrected chi connectivity index (χ4v) is 3.89. The van der Waals surface area contributed by atoms with E-state index >= 15 is 0 Å². The van der Waals surface area contributed by atoms with Gasteiger partial charge >= 0.3 is 0 Å². The molecule has 35 heavy (non-hydrogen) atoms. The van der Waals surface area contributed by atoms with Crippen molar-refractivity contribution < 1.29 is 19.2 Å². The lowest BCUT2D eigenvalue weighted by atomic mass is 10.0. The van der Waals surface area contributed by atoms with E-state index in [1.54, 1.807) is 6.92 Å². The zero-order valence-corrected chi connectivity index (χ0v) is 21.1. The highest BCUT2D eigenvalue weighted by Gasteiger charge is 2.27. The van der Waals surface area contributed by atoms with E-state index in [4.69, 9.17) is 5.73 Å². The fourth-order valence-electron chi connectivity index (χ4n) is 3.63. The maximum absolute atomic E-state index is 12.7. The highest BCUT2D eigenvalue weighted by Crippen LogP contribution is 2.18. The van der Waals surface area contributed by atoms with Crippen molar-refractivity contribution in [1.29, 1.82) is 0 Å². The van der Waals surface area contributed by atoms with E-state index in [1.165, 1.54) is 6.92 Å². The number of hydrogen-bond donors (Lipinski definition) is 6. The zero-order valence-electron chi connectivity index (χ0n) is 20.2. The molecule has 0 heterocycles. The van der Waals surface area contributed by atoms with Gasteiger partial charge in [-0.15, -0.1) is 0 Å². The smallest absolute Gasteiger partial charge is 0.244 e. The first-order valence-corrected chi connectivity index (χ1v) is 12.3. The second-order valence-corrected chi connectivity index (χ2v) is 8.73. The molecule has 0 spiro atoms. The van der Waals surface area contributed by atoms with Crippen LogP contribution < -0.4 is 27.0 Å². The molecule has 0 bridgehead atoms. The minimum Gasteiger partial charge on any atom is -0.350 e. The van der Waals surface area contributed by atoms with Crippen molar-refractivity contribution in [3.05, 3.63) is 48.0 Å². The third-order valence-electron chi connectivity index (χ3n) is 5.54. The van der Waals surface area contributed by atoms with E-state index in [0.29, 0.717) is 32.4 Å². The standard InChI is InChI=1S/C25H35N5O4S/c1-16(23(32)27-14-19-10-7-9-18-8-3-4-11-20(18)19)28-25(34)22(15-35)30-24(33)21(29-17(2)31)12-5-6-13-26/h3-4,7-11,16,21-22,35H,5-6,12-15,26H2,1-2H3,(H,27,32)(H,28,34)(H,29,31)(H,30,33)/t16-,21-,22?/m0/s1. The van der Waals surface area contributed by atoms with Gasteiger partial charge in [0.05, 0.1) is 0 Å². The molecule has 2 aromatic rings. The van der Waals surface area contributed by atoms with Crippen molar-refractivity contribution in [3.8, 4) is 0 Å². The van der Waals surface area contributed by atoms with Crippen LogP contribution in [0, 0.1) is 0 Å². The molecule has 0 aliphatic rings. The Balaban J connectivity index is 1.92. The number of benzene rings is 2. The van der Waals surface area contributed by atoms with E-state index in [0.717, 1.165) is 16.3 Å². The molecule has 0 saturated carbocycles. The van der Waals surface area contributed by atoms with E-state index in [2.05, 4.69) is 33.9 Å². The summed E-state index contributed by atoms with van der Waals surface area (Å²) >= 11 is 4.17. The maximum Gasteiger partial charge on any atom is 0.244 e. The quantitative estimate of drug-likeness (QED) is 0.179. The van der Waals surface area contributed by atoms with Gasteiger partial charge in [-0.05, 0) is 49.1 Å². The first-order valence-electron chi connectivity index (χ1n) is 11.7. The van der Waals surface area contributed by atoms with Crippen LogP contribution in [0.25, 0.3) is 10.8 Å². The highest BCUT2D eigenvalue weighted by molar-refractivity contribution is 7.80. The Morgan fingerprint density at radius 2 is 1.57 bits per heavy atom. The van der Waals surface area contributed by atoms with Gasteiger partial charge < -0.3 is 27.0 Å². The molecule has 0 fully saturated rings. The van der Waals surface area contributed by atoms with Crippen LogP contribution in [0.15, 0.2) is 42.5 Å². The van der Waals surface area contributed by atoms with Crippen molar-refractivity contribution in [2.24, 2.45) is 5.73 Å². The van der Waals surface area contributed by atoms with Gasteiger partial charge in [0.1, 0.15) is 18.1 Å². The molecule has 3 atom stereocenters. The third kappa shape index (κ3) is 8.88. The van der Waals surface area contributed by atoms with Gasteiger partial charge in [-0.25, -0.2) is 0 Å². The fraction of sp³-hybridized carbons (Fsp3) is 0.440. The van der Waals surface area contributed by atoms with E-state index in [1.807, 2.05) is 42.5 Å². The molecular weight excluding hydrogens is 466 g/mol. The first kappa shape index (κ1) is 28.1. The van der Waals surface area contributed by atoms with Gasteiger partial charge in [0, 0.05) is 19.2 Å². The highest BCUT2D eigenvalue weighted by atomic mass is 32.1. The summed E-state index contributed by atoms with van der Waals surface area (Å²) in [5.74, 6) is -1.70. The summed E-state index contributed by atoms with van der Waals surface area (Å²) in [6.45, 7) is 3.69. The lowest BCUT2D eigenvalue weighted by Gasteiger charge is -2.23. The number of rotatable bonds is 13. The summed E-state index contributed by atoms with van der Waals surface area (Å²) < 4.78 is 0. The van der Waals surface area contributed by atoms with Crippen LogP contribution in [0.4, 0.5) is 0 Å². The Morgan fingerprint density at radius 1 is 0.886 bits per heavy atom. The molecule has 0 aromatic heterocycles. The number of hydrogen-bond acceptors (Lipinski definition) is 6. The average molecular weight is 502 g/mol. The van der Waals surface area contributed by atoms with E-state index in [9.17, 15) is 19.2 Å². The summed E-state index contributed by atoms with van der Waals surface area (Å²) in [5.41, 5.74) is 6.47. The Kier molecular flexibility index (Phi) is 11.5. The lowest BCUT2D eigenvalue weighted by molar-refractivity contribution is -0.133. The predicted molar refractivity (Wildman–Crippen MR) is 140 cm³/mol. The molecule has 190 valence electrons. The summed E-state index contributed by atoms with van der Waals surface area (Å²) in [6.07, 6.45) is 1.77. The van der Waals surface area contributed by atoms with Crippen LogP contribution >= 0.6 is 12.6 Å². The van der Waals surface area contributed by atoms with Gasteiger partial charge in [-0.2, -0.15) is 12.6 Å². The zero-order chi connectivity index (χ0) is 25.8. The second-order valence-electron chi connectivity index (χ2n) is 8.37. The van der Waals surface area contributed by atoms with Crippen molar-refractivity contribution in [2.45, 2.75) is 57.8 Å². The number of nitrogens with two attached hydrogens (primary N) is 1. The van der Waals surface area contributed by atoms with Gasteiger partial charge in [-0.1, -0.05) is 42.5 Å². The molecule has 10 heteroatoms. The minimum atomic E-state index is -0.968. The molecule has 2 aromatic carbocycles. The minimum absolute atomic E-state index is 0.0253. The molecule has 4 amide bonds. The number of fused-ring (bicyclic) bond motifs is 1. The number of unbranched alkanes of at least 4 members (excludes halogenated alkanes) is 1. The lowest BCUT2D eigenvalue weighted by Crippen LogP contribution is -2.56. The Bertz CT molecular complexity index is 1030. The van der Waals surface area contributed by atoms with Gasteiger partial charge in [-0.3, -0.25) is 19.2 Å². The molecule has 0 saturated heterocycles. The molecule has 9 nitrogen and oxygen atoms in total. The summed E-state index contributed by atoms with van der Waals surface area (Å²) in [6, 6.07) is 11.2. The van der Waals surface area contributed by atoms with Gasteiger partial charge in [0.25, 0.3) is 0 Å². The van der Waals surface area contributed by atoms with Crippen LogP contribution in [0.5, 0.6) is 0 Å². The number of carbonyl (C=O) groups is 4. The first-order chi connectivity index (χ1) is 16.8. The van der Waals surface area contributed by atoms with Gasteiger partial charge in [0.15, 0.2) is 0 Å². The number of carbonyl (C=O) groups excluding carboxylic acids is 4. The largest absolute Gasteiger partial charge is 0.350 e. The van der Waals surface area contributed by atoms with Crippen molar-refractivity contribution >= 4 is 47.0 Å². The van der Waals surface area contributed by atoms with E-state index in [-0.39, 0.29) is 17.6 Å². The molecule has 1 unspecified atom stereocenters. The van der Waals surface area contributed by atoms with Crippen LogP contribution in [-0.2, 0) is 25.7 Å². The van der Waals surface area contributed by atoms with Crippen molar-refractivity contribution in [3.63, 3.8) is 0 Å². The van der Waals surface area contributed by atoms with Crippen molar-refractivity contribution in [1.82, 2.24) is 21.3 Å². The predicted octanol–water partition coefficient (Wildman–Crippen LogP) is 1.01. The Morgan fingerprint density at radius 3 is 2.26 bits per heavy atom. The molecular formula is C25H35N5O4S. The summed E-state index contributed by atoms with van der Waals surface area (Å²) in [5, 5.41) is 12.8. The molecule has 0 radical (unpaired) electrons. The van der Waals surface area contributed by atoms with Crippen LogP contribution in [-0.4, -0.2) is 54.1 Å². The topological polar surface area (TPSA) is 142 Å². The second kappa shape index (κ2) is 14.3. The van der Waals surface area contributed by atoms with Crippen LogP contribution in [0.3, 0.4) is 0 Å². The van der Waals surface area contributed by atoms with Crippen molar-refractivity contribution in [2.75, 3.05) is 12.3 Å². The SMILES string of the molecule is CC(=O)N[C@@H](CCCCN)C(=O)NC(CS)C(=O)N[C@@H](C)C(=O)NCc1cccc2ccccc12. The molecule has 0 aliphatic heterocycles. The van der Waals surface area contributed by atoms with E-state index < -0.39 is 29.9 Å². The maximum atomic E-state index is 12.7.